The second kappa shape index (κ2) is 7.61. The van der Waals surface area contributed by atoms with Crippen molar-refractivity contribution >= 4 is 17.6 Å². The Morgan fingerprint density at radius 2 is 1.75 bits per heavy atom. The zero-order valence-electron chi connectivity index (χ0n) is 12.8. The zero-order valence-corrected chi connectivity index (χ0v) is 13.6. The van der Waals surface area contributed by atoms with Crippen LogP contribution in [-0.2, 0) is 13.1 Å². The van der Waals surface area contributed by atoms with Gasteiger partial charge in [0.15, 0.2) is 5.82 Å². The van der Waals surface area contributed by atoms with Crippen LogP contribution in [0.2, 0.25) is 5.02 Å². The highest BCUT2D eigenvalue weighted by molar-refractivity contribution is 6.30. The van der Waals surface area contributed by atoms with Gasteiger partial charge >= 0.3 is 6.03 Å². The van der Waals surface area contributed by atoms with Gasteiger partial charge in [-0.3, -0.25) is 0 Å². The second-order valence-corrected chi connectivity index (χ2v) is 5.57. The van der Waals surface area contributed by atoms with Crippen molar-refractivity contribution in [3.63, 3.8) is 0 Å². The number of halogens is 1. The van der Waals surface area contributed by atoms with Gasteiger partial charge < -0.3 is 10.6 Å². The first-order valence-electron chi connectivity index (χ1n) is 7.42. The molecule has 6 nitrogen and oxygen atoms in total. The van der Waals surface area contributed by atoms with E-state index >= 15 is 0 Å². The molecular formula is C17H16ClN5O. The Hall–Kier alpha value is -2.86. The van der Waals surface area contributed by atoms with Gasteiger partial charge in [-0.25, -0.2) is 14.5 Å². The lowest BCUT2D eigenvalue weighted by molar-refractivity contribution is 0.240. The molecule has 1 aromatic carbocycles. The highest BCUT2D eigenvalue weighted by Gasteiger charge is 2.02. The lowest BCUT2D eigenvalue weighted by atomic mass is 10.2. The molecule has 7 heteroatoms. The van der Waals surface area contributed by atoms with Gasteiger partial charge in [0.05, 0.1) is 0 Å². The van der Waals surface area contributed by atoms with Gasteiger partial charge in [-0.05, 0) is 35.4 Å². The van der Waals surface area contributed by atoms with Crippen molar-refractivity contribution in [2.24, 2.45) is 0 Å². The van der Waals surface area contributed by atoms with Gasteiger partial charge in [-0.2, -0.15) is 5.10 Å². The Morgan fingerprint density at radius 1 is 1.04 bits per heavy atom. The molecule has 0 fully saturated rings. The molecule has 0 unspecified atom stereocenters. The van der Waals surface area contributed by atoms with Crippen LogP contribution in [0.15, 0.2) is 61.1 Å². The van der Waals surface area contributed by atoms with Crippen molar-refractivity contribution in [1.82, 2.24) is 25.4 Å². The molecule has 0 atom stereocenters. The summed E-state index contributed by atoms with van der Waals surface area (Å²) in [5, 5.41) is 10.4. The fraction of sp³-hybridized carbons (Fsp3) is 0.118. The molecule has 2 N–H and O–H groups in total. The number of aromatic nitrogens is 3. The van der Waals surface area contributed by atoms with Crippen molar-refractivity contribution in [1.29, 1.82) is 0 Å². The third-order valence-electron chi connectivity index (χ3n) is 3.37. The predicted molar refractivity (Wildman–Crippen MR) is 91.9 cm³/mol. The van der Waals surface area contributed by atoms with E-state index in [2.05, 4.69) is 20.7 Å². The minimum atomic E-state index is -0.235. The van der Waals surface area contributed by atoms with Crippen molar-refractivity contribution in [3.05, 3.63) is 77.2 Å². The molecule has 0 saturated heterocycles. The first kappa shape index (κ1) is 16.0. The maximum absolute atomic E-state index is 11.8. The third kappa shape index (κ3) is 4.33. The van der Waals surface area contributed by atoms with Gasteiger partial charge in [0.25, 0.3) is 0 Å². The molecule has 0 spiro atoms. The number of hydrogen-bond acceptors (Lipinski definition) is 3. The number of rotatable bonds is 5. The molecule has 3 rings (SSSR count). The van der Waals surface area contributed by atoms with Crippen LogP contribution in [0.5, 0.6) is 0 Å². The lowest BCUT2D eigenvalue weighted by Gasteiger charge is -2.08. The normalized spacial score (nSPS) is 10.4. The van der Waals surface area contributed by atoms with E-state index in [9.17, 15) is 4.79 Å². The summed E-state index contributed by atoms with van der Waals surface area (Å²) in [6.45, 7) is 0.846. The molecule has 24 heavy (non-hydrogen) atoms. The molecule has 0 bridgehead atoms. The topological polar surface area (TPSA) is 71.8 Å². The smallest absolute Gasteiger partial charge is 0.315 e. The molecule has 0 aliphatic carbocycles. The standard InChI is InChI=1S/C17H16ClN5O/c18-15-5-2-13(3-6-15)10-20-17(24)21-12-14-4-7-16(19-11-14)23-9-1-8-22-23/h1-9,11H,10,12H2,(H2,20,21,24). The minimum Gasteiger partial charge on any atom is -0.334 e. The van der Waals surface area contributed by atoms with Crippen LogP contribution in [-0.4, -0.2) is 20.8 Å². The number of nitrogens with zero attached hydrogens (tertiary/aromatic N) is 3. The molecule has 2 amide bonds. The van der Waals surface area contributed by atoms with Crippen LogP contribution in [0.25, 0.3) is 5.82 Å². The van der Waals surface area contributed by atoms with Crippen LogP contribution in [0.3, 0.4) is 0 Å². The number of urea groups is 1. The Balaban J connectivity index is 1.46. The SMILES string of the molecule is O=C(NCc1ccc(Cl)cc1)NCc1ccc(-n2cccn2)nc1. The van der Waals surface area contributed by atoms with Crippen molar-refractivity contribution < 1.29 is 4.79 Å². The van der Waals surface area contributed by atoms with E-state index in [1.165, 1.54) is 0 Å². The first-order chi connectivity index (χ1) is 11.7. The lowest BCUT2D eigenvalue weighted by Crippen LogP contribution is -2.34. The highest BCUT2D eigenvalue weighted by Crippen LogP contribution is 2.09. The Bertz CT molecular complexity index is 785. The van der Waals surface area contributed by atoms with Crippen LogP contribution in [0, 0.1) is 0 Å². The highest BCUT2D eigenvalue weighted by atomic mass is 35.5. The van der Waals surface area contributed by atoms with E-state index in [0.717, 1.165) is 16.9 Å². The number of nitrogens with one attached hydrogen (secondary N) is 2. The van der Waals surface area contributed by atoms with E-state index in [4.69, 9.17) is 11.6 Å². The van der Waals surface area contributed by atoms with E-state index in [-0.39, 0.29) is 6.03 Å². The minimum absolute atomic E-state index is 0.235. The van der Waals surface area contributed by atoms with Gasteiger partial charge in [0, 0.05) is 36.7 Å². The van der Waals surface area contributed by atoms with E-state index in [1.54, 1.807) is 29.2 Å². The maximum Gasteiger partial charge on any atom is 0.315 e. The number of benzene rings is 1. The van der Waals surface area contributed by atoms with Crippen LogP contribution >= 0.6 is 11.6 Å². The van der Waals surface area contributed by atoms with Crippen LogP contribution in [0.4, 0.5) is 4.79 Å². The first-order valence-corrected chi connectivity index (χ1v) is 7.79. The van der Waals surface area contributed by atoms with Gasteiger partial charge in [0.1, 0.15) is 0 Å². The summed E-state index contributed by atoms with van der Waals surface area (Å²) in [4.78, 5) is 16.1. The zero-order chi connectivity index (χ0) is 16.8. The van der Waals surface area contributed by atoms with Gasteiger partial charge in [-0.15, -0.1) is 0 Å². The fourth-order valence-electron chi connectivity index (χ4n) is 2.09. The predicted octanol–water partition coefficient (Wildman–Crippen LogP) is 2.92. The van der Waals surface area contributed by atoms with E-state index < -0.39 is 0 Å². The quantitative estimate of drug-likeness (QED) is 0.749. The number of amides is 2. The molecule has 0 aliphatic rings. The second-order valence-electron chi connectivity index (χ2n) is 5.14. The summed E-state index contributed by atoms with van der Waals surface area (Å²) >= 11 is 5.82. The molecule has 0 saturated carbocycles. The summed E-state index contributed by atoms with van der Waals surface area (Å²) in [6.07, 6.45) is 5.24. The molecule has 2 heterocycles. The maximum atomic E-state index is 11.8. The Morgan fingerprint density at radius 3 is 2.38 bits per heavy atom. The molecular weight excluding hydrogens is 326 g/mol. The summed E-state index contributed by atoms with van der Waals surface area (Å²) < 4.78 is 1.68. The fourth-order valence-corrected chi connectivity index (χ4v) is 2.22. The van der Waals surface area contributed by atoms with Gasteiger partial charge in [-0.1, -0.05) is 29.8 Å². The van der Waals surface area contributed by atoms with Gasteiger partial charge in [0.2, 0.25) is 0 Å². The van der Waals surface area contributed by atoms with E-state index in [0.29, 0.717) is 18.1 Å². The Kier molecular flexibility index (Phi) is 5.08. The number of hydrogen-bond donors (Lipinski definition) is 2. The van der Waals surface area contributed by atoms with Crippen molar-refractivity contribution in [2.75, 3.05) is 0 Å². The Labute approximate surface area is 144 Å². The van der Waals surface area contributed by atoms with Crippen molar-refractivity contribution in [2.45, 2.75) is 13.1 Å². The molecule has 0 radical (unpaired) electrons. The number of carbonyl (C=O) groups is 1. The van der Waals surface area contributed by atoms with Crippen molar-refractivity contribution in [3.8, 4) is 5.82 Å². The average molecular weight is 342 g/mol. The largest absolute Gasteiger partial charge is 0.334 e. The third-order valence-corrected chi connectivity index (χ3v) is 3.62. The van der Waals surface area contributed by atoms with Crippen LogP contribution in [0.1, 0.15) is 11.1 Å². The number of pyridine rings is 1. The molecule has 3 aromatic rings. The number of carbonyl (C=O) groups excluding carboxylic acids is 1. The summed E-state index contributed by atoms with van der Waals surface area (Å²) in [5.41, 5.74) is 1.90. The average Bonchev–Trinajstić information content (AvgIpc) is 3.14. The van der Waals surface area contributed by atoms with Crippen LogP contribution < -0.4 is 10.6 Å². The molecule has 122 valence electrons. The summed E-state index contributed by atoms with van der Waals surface area (Å²) in [7, 11) is 0. The summed E-state index contributed by atoms with van der Waals surface area (Å²) in [5.74, 6) is 0.732. The molecule has 2 aromatic heterocycles. The summed E-state index contributed by atoms with van der Waals surface area (Å²) in [6, 6.07) is 12.7. The van der Waals surface area contributed by atoms with E-state index in [1.807, 2.05) is 36.5 Å². The monoisotopic (exact) mass is 341 g/mol. The molecule has 0 aliphatic heterocycles.